The van der Waals surface area contributed by atoms with Crippen LogP contribution in [0, 0.1) is 0 Å². The zero-order valence-corrected chi connectivity index (χ0v) is 12.9. The lowest BCUT2D eigenvalue weighted by Gasteiger charge is -2.39. The molecule has 1 aliphatic rings. The van der Waals surface area contributed by atoms with E-state index < -0.39 is 0 Å². The highest BCUT2D eigenvalue weighted by molar-refractivity contribution is 5.90. The number of benzene rings is 1. The number of amides is 1. The molecule has 0 N–H and O–H groups in total. The van der Waals surface area contributed by atoms with Crippen molar-refractivity contribution in [2.75, 3.05) is 0 Å². The maximum Gasteiger partial charge on any atom is 0.247 e. The van der Waals surface area contributed by atoms with Crippen LogP contribution >= 0.6 is 0 Å². The van der Waals surface area contributed by atoms with Crippen LogP contribution in [0.2, 0.25) is 0 Å². The first-order valence-corrected chi connectivity index (χ1v) is 7.62. The molecular formula is C19H20N2O. The molecule has 1 aromatic carbocycles. The fourth-order valence-electron chi connectivity index (χ4n) is 3.07. The molecule has 1 unspecified atom stereocenters. The van der Waals surface area contributed by atoms with Gasteiger partial charge in [0.2, 0.25) is 5.91 Å². The van der Waals surface area contributed by atoms with E-state index in [2.05, 4.69) is 24.0 Å². The molecular weight excluding hydrogens is 272 g/mol. The molecule has 2 atom stereocenters. The van der Waals surface area contributed by atoms with E-state index in [1.165, 1.54) is 0 Å². The second-order valence-electron chi connectivity index (χ2n) is 5.80. The van der Waals surface area contributed by atoms with Gasteiger partial charge in [0.05, 0.1) is 17.8 Å². The number of rotatable bonds is 3. The van der Waals surface area contributed by atoms with Crippen molar-refractivity contribution < 1.29 is 4.79 Å². The van der Waals surface area contributed by atoms with E-state index >= 15 is 0 Å². The minimum atomic E-state index is -0.00564. The topological polar surface area (TPSA) is 33.2 Å². The highest BCUT2D eigenvalue weighted by atomic mass is 16.2. The van der Waals surface area contributed by atoms with E-state index in [0.29, 0.717) is 0 Å². The highest BCUT2D eigenvalue weighted by Gasteiger charge is 2.33. The third-order valence-electron chi connectivity index (χ3n) is 4.20. The van der Waals surface area contributed by atoms with Gasteiger partial charge in [-0.25, -0.2) is 0 Å². The van der Waals surface area contributed by atoms with Crippen LogP contribution in [0.5, 0.6) is 0 Å². The van der Waals surface area contributed by atoms with Gasteiger partial charge in [0, 0.05) is 12.3 Å². The molecule has 112 valence electrons. The van der Waals surface area contributed by atoms with Crippen LogP contribution in [0.4, 0.5) is 0 Å². The van der Waals surface area contributed by atoms with Gasteiger partial charge in [-0.3, -0.25) is 9.78 Å². The van der Waals surface area contributed by atoms with Gasteiger partial charge in [0.25, 0.3) is 0 Å². The fourth-order valence-corrected chi connectivity index (χ4v) is 3.07. The van der Waals surface area contributed by atoms with Crippen LogP contribution < -0.4 is 0 Å². The van der Waals surface area contributed by atoms with Crippen LogP contribution in [-0.4, -0.2) is 15.8 Å². The summed E-state index contributed by atoms with van der Waals surface area (Å²) in [5.41, 5.74) is 3.20. The van der Waals surface area contributed by atoms with Gasteiger partial charge < -0.3 is 4.90 Å². The molecule has 2 heterocycles. The number of carbonyl (C=O) groups is 1. The zero-order chi connectivity index (χ0) is 15.5. The molecule has 0 saturated heterocycles. The first kappa shape index (κ1) is 14.5. The SMILES string of the molecule is CC1=CC(=O)N([C@H](C)c2ccccc2)C(c2ccccn2)C1. The van der Waals surface area contributed by atoms with Gasteiger partial charge in [-0.2, -0.15) is 0 Å². The van der Waals surface area contributed by atoms with Crippen LogP contribution in [-0.2, 0) is 4.79 Å². The molecule has 1 amide bonds. The van der Waals surface area contributed by atoms with Gasteiger partial charge >= 0.3 is 0 Å². The zero-order valence-electron chi connectivity index (χ0n) is 12.9. The van der Waals surface area contributed by atoms with Crippen molar-refractivity contribution in [1.82, 2.24) is 9.88 Å². The van der Waals surface area contributed by atoms with E-state index in [9.17, 15) is 4.79 Å². The standard InChI is InChI=1S/C19H20N2O/c1-14-12-18(17-10-6-7-11-20-17)21(19(22)13-14)15(2)16-8-4-3-5-9-16/h3-11,13,15,18H,12H2,1-2H3/t15-,18?/m1/s1. The van der Waals surface area contributed by atoms with Gasteiger partial charge in [0.15, 0.2) is 0 Å². The van der Waals surface area contributed by atoms with Crippen molar-refractivity contribution in [2.24, 2.45) is 0 Å². The minimum absolute atomic E-state index is 0.00564. The predicted octanol–water partition coefficient (Wildman–Crippen LogP) is 4.06. The second kappa shape index (κ2) is 6.14. The largest absolute Gasteiger partial charge is 0.323 e. The van der Waals surface area contributed by atoms with E-state index in [1.54, 1.807) is 12.3 Å². The van der Waals surface area contributed by atoms with E-state index in [4.69, 9.17) is 0 Å². The number of nitrogens with zero attached hydrogens (tertiary/aromatic N) is 2. The average molecular weight is 292 g/mol. The molecule has 22 heavy (non-hydrogen) atoms. The smallest absolute Gasteiger partial charge is 0.247 e. The number of carbonyl (C=O) groups excluding carboxylic acids is 1. The van der Waals surface area contributed by atoms with Crippen molar-refractivity contribution in [3.8, 4) is 0 Å². The van der Waals surface area contributed by atoms with Crippen molar-refractivity contribution in [3.63, 3.8) is 0 Å². The third-order valence-corrected chi connectivity index (χ3v) is 4.20. The molecule has 0 saturated carbocycles. The van der Waals surface area contributed by atoms with E-state index in [1.807, 2.05) is 48.2 Å². The van der Waals surface area contributed by atoms with Gasteiger partial charge in [-0.05, 0) is 38.0 Å². The molecule has 3 heteroatoms. The summed E-state index contributed by atoms with van der Waals surface area (Å²) >= 11 is 0. The van der Waals surface area contributed by atoms with Crippen molar-refractivity contribution >= 4 is 5.91 Å². The number of hydrogen-bond acceptors (Lipinski definition) is 2. The van der Waals surface area contributed by atoms with Crippen LogP contribution in [0.3, 0.4) is 0 Å². The fraction of sp³-hybridized carbons (Fsp3) is 0.263. The number of hydrogen-bond donors (Lipinski definition) is 0. The monoisotopic (exact) mass is 292 g/mol. The predicted molar refractivity (Wildman–Crippen MR) is 87.1 cm³/mol. The normalized spacial score (nSPS) is 19.7. The summed E-state index contributed by atoms with van der Waals surface area (Å²) in [6.07, 6.45) is 4.37. The maximum atomic E-state index is 12.6. The maximum absolute atomic E-state index is 12.6. The Hall–Kier alpha value is -2.42. The molecule has 0 spiro atoms. The molecule has 0 radical (unpaired) electrons. The Morgan fingerprint density at radius 2 is 1.86 bits per heavy atom. The lowest BCUT2D eigenvalue weighted by atomic mass is 9.94. The quantitative estimate of drug-likeness (QED) is 0.854. The third kappa shape index (κ3) is 2.80. The molecule has 1 aromatic heterocycles. The van der Waals surface area contributed by atoms with Crippen molar-refractivity contribution in [1.29, 1.82) is 0 Å². The summed E-state index contributed by atoms with van der Waals surface area (Å²) in [6, 6.07) is 16.0. The summed E-state index contributed by atoms with van der Waals surface area (Å²) in [7, 11) is 0. The molecule has 0 aliphatic carbocycles. The van der Waals surface area contributed by atoms with Crippen LogP contribution in [0.1, 0.15) is 43.6 Å². The Morgan fingerprint density at radius 3 is 2.55 bits per heavy atom. The second-order valence-corrected chi connectivity index (χ2v) is 5.80. The molecule has 3 rings (SSSR count). The lowest BCUT2D eigenvalue weighted by Crippen LogP contribution is -2.39. The van der Waals surface area contributed by atoms with Crippen molar-refractivity contribution in [2.45, 2.75) is 32.4 Å². The van der Waals surface area contributed by atoms with Gasteiger partial charge in [-0.1, -0.05) is 42.0 Å². The summed E-state index contributed by atoms with van der Waals surface area (Å²) in [5.74, 6) is 0.0655. The number of pyridine rings is 1. The van der Waals surface area contributed by atoms with Gasteiger partial charge in [0.1, 0.15) is 0 Å². The Bertz CT molecular complexity index is 679. The van der Waals surface area contributed by atoms with Crippen LogP contribution in [0.25, 0.3) is 0 Å². The number of aromatic nitrogens is 1. The molecule has 0 bridgehead atoms. The van der Waals surface area contributed by atoms with E-state index in [-0.39, 0.29) is 18.0 Å². The molecule has 1 aliphatic heterocycles. The molecule has 3 nitrogen and oxygen atoms in total. The Morgan fingerprint density at radius 1 is 1.14 bits per heavy atom. The van der Waals surface area contributed by atoms with Crippen LogP contribution in [0.15, 0.2) is 66.4 Å². The lowest BCUT2D eigenvalue weighted by molar-refractivity contribution is -0.132. The summed E-state index contributed by atoms with van der Waals surface area (Å²) in [6.45, 7) is 4.09. The Balaban J connectivity index is 2.00. The highest BCUT2D eigenvalue weighted by Crippen LogP contribution is 2.37. The first-order valence-electron chi connectivity index (χ1n) is 7.62. The Kier molecular flexibility index (Phi) is 4.05. The summed E-state index contributed by atoms with van der Waals surface area (Å²) < 4.78 is 0. The minimum Gasteiger partial charge on any atom is -0.323 e. The molecule has 0 fully saturated rings. The summed E-state index contributed by atoms with van der Waals surface area (Å²) in [5, 5.41) is 0. The summed E-state index contributed by atoms with van der Waals surface area (Å²) in [4.78, 5) is 19.1. The average Bonchev–Trinajstić information content (AvgIpc) is 2.55. The van der Waals surface area contributed by atoms with E-state index in [0.717, 1.165) is 23.3 Å². The molecule has 2 aromatic rings. The first-order chi connectivity index (χ1) is 10.7. The Labute approximate surface area is 131 Å². The van der Waals surface area contributed by atoms with Gasteiger partial charge in [-0.15, -0.1) is 0 Å². The van der Waals surface area contributed by atoms with Crippen molar-refractivity contribution in [3.05, 3.63) is 77.6 Å².